The molecular weight excluding hydrogens is 210 g/mol. The van der Waals surface area contributed by atoms with Gasteiger partial charge in [0.25, 0.3) is 0 Å². The molecule has 1 aliphatic rings. The summed E-state index contributed by atoms with van der Waals surface area (Å²) in [5.74, 6) is 0. The van der Waals surface area contributed by atoms with Gasteiger partial charge in [-0.15, -0.1) is 0 Å². The molecule has 0 bridgehead atoms. The highest BCUT2D eigenvalue weighted by Crippen LogP contribution is 2.23. The Labute approximate surface area is 95.3 Å². The van der Waals surface area contributed by atoms with E-state index in [1.54, 1.807) is 0 Å². The summed E-state index contributed by atoms with van der Waals surface area (Å²) in [7, 11) is 0. The molecule has 0 unspecified atom stereocenters. The van der Waals surface area contributed by atoms with Crippen molar-refractivity contribution in [1.82, 2.24) is 5.32 Å². The Hall–Kier alpha value is -0.730. The van der Waals surface area contributed by atoms with Crippen LogP contribution in [0.15, 0.2) is 24.3 Å². The lowest BCUT2D eigenvalue weighted by molar-refractivity contribution is 0.119. The summed E-state index contributed by atoms with van der Waals surface area (Å²) in [6.45, 7) is 0. The van der Waals surface area contributed by atoms with Crippen molar-refractivity contribution < 1.29 is 5.11 Å². The average Bonchev–Trinajstić information content (AvgIpc) is 2.25. The maximum absolute atomic E-state index is 9.37. The first-order chi connectivity index (χ1) is 7.24. The molecule has 0 spiro atoms. The second-order valence-corrected chi connectivity index (χ2v) is 4.50. The fraction of sp³-hybridized carbons (Fsp3) is 0.500. The smallest absolute Gasteiger partial charge is 0.0578 e. The van der Waals surface area contributed by atoms with Gasteiger partial charge in [-0.05, 0) is 49.9 Å². The van der Waals surface area contributed by atoms with Crippen LogP contribution in [0.4, 0.5) is 5.69 Å². The molecule has 1 saturated carbocycles. The quantitative estimate of drug-likeness (QED) is 0.824. The minimum Gasteiger partial charge on any atom is -0.393 e. The van der Waals surface area contributed by atoms with Crippen LogP contribution in [0.3, 0.4) is 0 Å². The minimum absolute atomic E-state index is 0.110. The van der Waals surface area contributed by atoms with Gasteiger partial charge in [-0.1, -0.05) is 11.6 Å². The third-order valence-corrected chi connectivity index (χ3v) is 3.08. The van der Waals surface area contributed by atoms with E-state index in [9.17, 15) is 5.11 Å². The van der Waals surface area contributed by atoms with Crippen molar-refractivity contribution in [1.29, 1.82) is 0 Å². The largest absolute Gasteiger partial charge is 0.393 e. The monoisotopic (exact) mass is 224 g/mol. The van der Waals surface area contributed by atoms with Crippen molar-refractivity contribution in [3.8, 4) is 0 Å². The third-order valence-electron chi connectivity index (χ3n) is 2.82. The molecule has 2 nitrogen and oxygen atoms in total. The molecule has 3 heteroatoms. The van der Waals surface area contributed by atoms with Crippen LogP contribution >= 0.6 is 11.6 Å². The van der Waals surface area contributed by atoms with E-state index < -0.39 is 0 Å². The Kier molecular flexibility index (Phi) is 3.49. The second-order valence-electron chi connectivity index (χ2n) is 4.07. The summed E-state index contributed by atoms with van der Waals surface area (Å²) in [6, 6.07) is 7.96. The summed E-state index contributed by atoms with van der Waals surface area (Å²) in [5, 5.41) is 14.7. The van der Waals surface area contributed by atoms with Gasteiger partial charge in [-0.25, -0.2) is 0 Å². The Bertz CT molecular complexity index is 304. The van der Waals surface area contributed by atoms with Gasteiger partial charge in [-0.3, -0.25) is 5.32 Å². The second kappa shape index (κ2) is 4.86. The molecule has 1 aromatic carbocycles. The van der Waals surface area contributed by atoms with Crippen LogP contribution in [0.25, 0.3) is 0 Å². The molecule has 1 aliphatic carbocycles. The van der Waals surface area contributed by atoms with Crippen molar-refractivity contribution in [3.63, 3.8) is 0 Å². The standard InChI is InChI=1S/C12H15ClNO/c13-9-1-3-10(4-2-9)14-11-5-7-12(15)8-6-11/h1-4,11-12,15H,5-8H2/t11-,12-. The first-order valence-electron chi connectivity index (χ1n) is 5.38. The van der Waals surface area contributed by atoms with Crippen molar-refractivity contribution in [3.05, 3.63) is 29.3 Å². The van der Waals surface area contributed by atoms with Crippen LogP contribution in [0, 0.1) is 0 Å². The Balaban J connectivity index is 1.89. The van der Waals surface area contributed by atoms with Gasteiger partial charge < -0.3 is 5.11 Å². The van der Waals surface area contributed by atoms with E-state index in [-0.39, 0.29) is 6.10 Å². The highest BCUT2D eigenvalue weighted by molar-refractivity contribution is 6.30. The van der Waals surface area contributed by atoms with Crippen LogP contribution in [0.5, 0.6) is 0 Å². The van der Waals surface area contributed by atoms with Crippen molar-refractivity contribution in [2.45, 2.75) is 37.8 Å². The summed E-state index contributed by atoms with van der Waals surface area (Å²) in [6.07, 6.45) is 3.62. The Morgan fingerprint density at radius 2 is 1.67 bits per heavy atom. The van der Waals surface area contributed by atoms with Crippen LogP contribution in [-0.2, 0) is 0 Å². The molecule has 1 fully saturated rings. The van der Waals surface area contributed by atoms with Crippen LogP contribution < -0.4 is 5.32 Å². The summed E-state index contributed by atoms with van der Waals surface area (Å²) >= 11 is 5.80. The molecule has 1 N–H and O–H groups in total. The van der Waals surface area contributed by atoms with Gasteiger partial charge in [0.15, 0.2) is 0 Å². The van der Waals surface area contributed by atoms with Crippen molar-refractivity contribution in [2.75, 3.05) is 0 Å². The predicted molar refractivity (Wildman–Crippen MR) is 61.5 cm³/mol. The molecule has 15 heavy (non-hydrogen) atoms. The topological polar surface area (TPSA) is 34.3 Å². The number of aliphatic hydroxyl groups excluding tert-OH is 1. The molecule has 1 radical (unpaired) electrons. The van der Waals surface area contributed by atoms with Gasteiger partial charge in [0, 0.05) is 5.02 Å². The van der Waals surface area contributed by atoms with E-state index in [1.807, 2.05) is 24.3 Å². The first kappa shape index (κ1) is 10.8. The lowest BCUT2D eigenvalue weighted by atomic mass is 9.93. The van der Waals surface area contributed by atoms with Crippen molar-refractivity contribution >= 4 is 17.3 Å². The molecule has 0 aliphatic heterocycles. The predicted octanol–water partition coefficient (Wildman–Crippen LogP) is 2.88. The number of nitrogens with zero attached hydrogens (tertiary/aromatic N) is 1. The van der Waals surface area contributed by atoms with Crippen LogP contribution in [-0.4, -0.2) is 17.3 Å². The van der Waals surface area contributed by atoms with Gasteiger partial charge in [0.05, 0.1) is 17.8 Å². The summed E-state index contributed by atoms with van der Waals surface area (Å²) in [4.78, 5) is 0. The Morgan fingerprint density at radius 3 is 2.27 bits per heavy atom. The van der Waals surface area contributed by atoms with Gasteiger partial charge in [0.1, 0.15) is 0 Å². The fourth-order valence-electron chi connectivity index (χ4n) is 1.93. The van der Waals surface area contributed by atoms with Crippen LogP contribution in [0.2, 0.25) is 5.02 Å². The van der Waals surface area contributed by atoms with Crippen molar-refractivity contribution in [2.24, 2.45) is 0 Å². The molecule has 0 aromatic heterocycles. The molecular formula is C12H15ClNO. The zero-order chi connectivity index (χ0) is 10.7. The lowest BCUT2D eigenvalue weighted by Crippen LogP contribution is -2.27. The molecule has 0 saturated heterocycles. The van der Waals surface area contributed by atoms with E-state index >= 15 is 0 Å². The third kappa shape index (κ3) is 3.11. The summed E-state index contributed by atoms with van der Waals surface area (Å²) < 4.78 is 0. The molecule has 0 heterocycles. The van der Waals surface area contributed by atoms with E-state index in [0.717, 1.165) is 36.4 Å². The highest BCUT2D eigenvalue weighted by Gasteiger charge is 2.20. The zero-order valence-corrected chi connectivity index (χ0v) is 9.32. The number of halogens is 1. The van der Waals surface area contributed by atoms with E-state index in [0.29, 0.717) is 6.04 Å². The zero-order valence-electron chi connectivity index (χ0n) is 8.56. The molecule has 1 aromatic rings. The maximum atomic E-state index is 9.37. The van der Waals surface area contributed by atoms with E-state index in [2.05, 4.69) is 5.32 Å². The summed E-state index contributed by atoms with van der Waals surface area (Å²) in [5.41, 5.74) is 0.987. The normalized spacial score (nSPS) is 26.3. The van der Waals surface area contributed by atoms with E-state index in [1.165, 1.54) is 0 Å². The minimum atomic E-state index is -0.110. The number of aliphatic hydroxyl groups is 1. The number of hydrogen-bond acceptors (Lipinski definition) is 1. The maximum Gasteiger partial charge on any atom is 0.0578 e. The number of rotatable bonds is 2. The number of hydrogen-bond donors (Lipinski definition) is 1. The molecule has 0 amide bonds. The molecule has 0 atom stereocenters. The SMILES string of the molecule is O[C@H]1CC[C@H]([N]c2ccc(Cl)cc2)CC1. The van der Waals surface area contributed by atoms with Gasteiger partial charge in [-0.2, -0.15) is 0 Å². The van der Waals surface area contributed by atoms with Gasteiger partial charge in [0.2, 0.25) is 0 Å². The first-order valence-corrected chi connectivity index (χ1v) is 5.76. The number of benzene rings is 1. The Morgan fingerprint density at radius 1 is 1.07 bits per heavy atom. The molecule has 81 valence electrons. The van der Waals surface area contributed by atoms with E-state index in [4.69, 9.17) is 11.6 Å². The van der Waals surface area contributed by atoms with Crippen LogP contribution in [0.1, 0.15) is 25.7 Å². The average molecular weight is 225 g/mol. The fourth-order valence-corrected chi connectivity index (χ4v) is 2.05. The van der Waals surface area contributed by atoms with Gasteiger partial charge >= 0.3 is 0 Å². The highest BCUT2D eigenvalue weighted by atomic mass is 35.5. The lowest BCUT2D eigenvalue weighted by Gasteiger charge is -2.25. The molecule has 2 rings (SSSR count).